The summed E-state index contributed by atoms with van der Waals surface area (Å²) in [4.78, 5) is 33.4. The van der Waals surface area contributed by atoms with Gasteiger partial charge >= 0.3 is 0 Å². The molecule has 2 unspecified atom stereocenters. The SMILES string of the molecule is COc1c2c(cc3c1C(CC(=O)c1ccc(N4CCOCC4)cc1)N(C)CC3)OCO2.COc1c2c(cc3c1C(CC(=O)c1ccc(N4CCOCC4)cc1)[N+](C)(C)CC3)OCO2.[B]B([B])[B].[I-]. The maximum absolute atomic E-state index is 13.4. The van der Waals surface area contributed by atoms with E-state index in [1.807, 2.05) is 54.6 Å². The van der Waals surface area contributed by atoms with Gasteiger partial charge < -0.3 is 76.2 Å². The minimum atomic E-state index is -0.667. The van der Waals surface area contributed by atoms with Crippen LogP contribution in [-0.4, -0.2) is 165 Å². The third-order valence-electron chi connectivity index (χ3n) is 13.5. The van der Waals surface area contributed by atoms with E-state index in [1.165, 1.54) is 11.1 Å². The second-order valence-corrected chi connectivity index (χ2v) is 18.1. The molecule has 10 rings (SSSR count). The van der Waals surface area contributed by atoms with E-state index in [4.69, 9.17) is 37.9 Å². The number of quaternary nitrogens is 1. The van der Waals surface area contributed by atoms with Gasteiger partial charge in [-0.3, -0.25) is 14.5 Å². The van der Waals surface area contributed by atoms with Crippen molar-refractivity contribution in [1.82, 2.24) is 4.90 Å². The summed E-state index contributed by atoms with van der Waals surface area (Å²) in [6, 6.07) is 20.0. The molecule has 0 aromatic heterocycles. The number of anilines is 2. The normalized spacial score (nSPS) is 19.7. The Morgan fingerprint density at radius 2 is 1.10 bits per heavy atom. The molecular weight excluding hydrogens is 975 g/mol. The van der Waals surface area contributed by atoms with Gasteiger partial charge in [0.1, 0.15) is 6.04 Å². The Morgan fingerprint density at radius 3 is 1.57 bits per heavy atom. The molecule has 14 nitrogen and oxygen atoms in total. The summed E-state index contributed by atoms with van der Waals surface area (Å²) in [5, 5.41) is 0. The number of Topliss-reactive ketones (excluding diaryl/α,β-unsaturated/α-hetero) is 2. The molecule has 0 amide bonds. The number of fused-ring (bicyclic) bond motifs is 4. The maximum atomic E-state index is 13.4. The summed E-state index contributed by atoms with van der Waals surface area (Å²) in [6.07, 6.45) is 1.93. The Balaban J connectivity index is 0.000000184. The van der Waals surface area contributed by atoms with Crippen LogP contribution in [0.1, 0.15) is 67.9 Å². The lowest BCUT2D eigenvalue weighted by Crippen LogP contribution is -3.00. The standard InChI is InChI=1S/C25H31N2O5.C24H28N2O5.B4.HI/c1-27(2)11-8-18-14-22-24(32-16-31-22)25(29-3)23(18)20(27)15-21(28)17-4-6-19(7-5-17)26-9-12-30-13-10-26;1-25-8-7-17-13-21-23(31-15-30-21)24(28-2)22(17)19(25)14-20(27)16-3-5-18(6-4-16)26-9-11-29-12-10-26;1-4(2)3;/h4-7,14,20H,8-13,15-16H2,1-3H3;3-6,13,19H,7-12,14-15H2,1-2H3;;1H/q+1;;;/p-1. The number of halogens is 1. The molecule has 68 heavy (non-hydrogen) atoms. The number of likely N-dealkylation sites (N-methyl/N-ethyl adjacent to an activating group) is 2. The highest BCUT2D eigenvalue weighted by molar-refractivity contribution is 7.49. The van der Waals surface area contributed by atoms with Crippen LogP contribution in [0.5, 0.6) is 34.5 Å². The third kappa shape index (κ3) is 11.4. The molecule has 4 aromatic carbocycles. The first-order valence-electron chi connectivity index (χ1n) is 23.1. The highest BCUT2D eigenvalue weighted by Gasteiger charge is 2.42. The van der Waals surface area contributed by atoms with Gasteiger partial charge in [-0.2, -0.15) is 0 Å². The van der Waals surface area contributed by atoms with Crippen LogP contribution in [0.25, 0.3) is 0 Å². The first kappa shape index (κ1) is 51.3. The van der Waals surface area contributed by atoms with E-state index in [9.17, 15) is 9.59 Å². The van der Waals surface area contributed by atoms with E-state index in [0.717, 1.165) is 128 Å². The molecule has 0 bridgehead atoms. The van der Waals surface area contributed by atoms with Crippen LogP contribution >= 0.6 is 0 Å². The Morgan fingerprint density at radius 1 is 0.662 bits per heavy atom. The van der Waals surface area contributed by atoms with E-state index in [2.05, 4.69) is 65.1 Å². The number of hydrogen-bond donors (Lipinski definition) is 0. The fourth-order valence-electron chi connectivity index (χ4n) is 9.84. The minimum Gasteiger partial charge on any atom is -1.00 e. The summed E-state index contributed by atoms with van der Waals surface area (Å²) >= 11 is 0. The van der Waals surface area contributed by atoms with Crippen molar-refractivity contribution in [2.24, 2.45) is 0 Å². The second kappa shape index (κ2) is 22.9. The summed E-state index contributed by atoms with van der Waals surface area (Å²) in [7, 11) is 23.7. The Hall–Kier alpha value is -4.55. The number of carbonyl (C=O) groups excluding carboxylic acids is 2. The lowest BCUT2D eigenvalue weighted by Gasteiger charge is -2.43. The fraction of sp³-hybridized carbons (Fsp3) is 0.469. The summed E-state index contributed by atoms with van der Waals surface area (Å²) in [5.41, 5.74) is 8.22. The van der Waals surface area contributed by atoms with Crippen molar-refractivity contribution in [3.63, 3.8) is 0 Å². The number of nitrogens with zero attached hydrogens (tertiary/aromatic N) is 4. The quantitative estimate of drug-likeness (QED) is 0.0996. The van der Waals surface area contributed by atoms with Crippen molar-refractivity contribution < 1.29 is 75.9 Å². The predicted molar refractivity (Wildman–Crippen MR) is 261 cm³/mol. The number of morpholine rings is 2. The molecule has 0 spiro atoms. The Bertz CT molecular complexity index is 2380. The van der Waals surface area contributed by atoms with Crippen molar-refractivity contribution in [2.75, 3.05) is 124 Å². The van der Waals surface area contributed by atoms with Gasteiger partial charge in [0.25, 0.3) is 0 Å². The summed E-state index contributed by atoms with van der Waals surface area (Å²) in [5.74, 6) is 4.42. The molecule has 2 saturated heterocycles. The molecule has 6 aliphatic rings. The fourth-order valence-corrected chi connectivity index (χ4v) is 9.84. The van der Waals surface area contributed by atoms with Crippen LogP contribution in [0.4, 0.5) is 11.4 Å². The average Bonchev–Trinajstić information content (AvgIpc) is 4.03. The van der Waals surface area contributed by atoms with Crippen LogP contribution < -0.4 is 62.2 Å². The lowest BCUT2D eigenvalue weighted by molar-refractivity contribution is -0.922. The van der Waals surface area contributed by atoms with Crippen LogP contribution in [0, 0.1) is 0 Å². The van der Waals surface area contributed by atoms with E-state index in [0.29, 0.717) is 35.8 Å². The molecule has 354 valence electrons. The van der Waals surface area contributed by atoms with E-state index >= 15 is 0 Å². The third-order valence-corrected chi connectivity index (χ3v) is 13.5. The predicted octanol–water partition coefficient (Wildman–Crippen LogP) is 1.75. The summed E-state index contributed by atoms with van der Waals surface area (Å²) in [6.45, 7) is 8.73. The van der Waals surface area contributed by atoms with Gasteiger partial charge in [0, 0.05) is 109 Å². The number of carbonyl (C=O) groups is 2. The smallest absolute Gasteiger partial charge is 0.231 e. The zero-order chi connectivity index (χ0) is 47.2. The van der Waals surface area contributed by atoms with Crippen molar-refractivity contribution in [3.8, 4) is 34.5 Å². The van der Waals surface area contributed by atoms with Crippen LogP contribution in [0.15, 0.2) is 60.7 Å². The lowest BCUT2D eigenvalue weighted by atomic mass is 9.08. The molecule has 6 radical (unpaired) electrons. The molecule has 0 saturated carbocycles. The number of methoxy groups -OCH3 is 2. The molecule has 19 heteroatoms. The molecule has 0 N–H and O–H groups in total. The molecule has 2 fully saturated rings. The summed E-state index contributed by atoms with van der Waals surface area (Å²) < 4.78 is 45.7. The second-order valence-electron chi connectivity index (χ2n) is 18.1. The minimum absolute atomic E-state index is 0. The van der Waals surface area contributed by atoms with Gasteiger partial charge in [-0.25, -0.2) is 0 Å². The number of ketones is 2. The Labute approximate surface area is 422 Å². The number of ether oxygens (including phenoxy) is 8. The number of benzene rings is 4. The average molecular weight is 1030 g/mol. The van der Waals surface area contributed by atoms with Gasteiger partial charge in [-0.05, 0) is 85.3 Å². The van der Waals surface area contributed by atoms with Gasteiger partial charge in [0.15, 0.2) is 34.6 Å². The van der Waals surface area contributed by atoms with E-state index in [-0.39, 0.29) is 61.2 Å². The highest BCUT2D eigenvalue weighted by Crippen LogP contribution is 2.52. The molecular formula is C49H59B4IN4O10. The number of rotatable bonds is 10. The maximum Gasteiger partial charge on any atom is 0.231 e. The van der Waals surface area contributed by atoms with Crippen LogP contribution in [0.3, 0.4) is 0 Å². The molecule has 0 aliphatic carbocycles. The highest BCUT2D eigenvalue weighted by atomic mass is 127. The monoisotopic (exact) mass is 1030 g/mol. The first-order chi connectivity index (χ1) is 32.4. The molecule has 4 aromatic rings. The zero-order valence-corrected chi connectivity index (χ0v) is 42.0. The molecule has 6 aliphatic heterocycles. The first-order valence-corrected chi connectivity index (χ1v) is 23.1. The molecule has 6 heterocycles. The van der Waals surface area contributed by atoms with E-state index < -0.39 is 6.39 Å². The van der Waals surface area contributed by atoms with Crippen molar-refractivity contribution in [2.45, 2.75) is 37.8 Å². The van der Waals surface area contributed by atoms with Gasteiger partial charge in [-0.15, -0.1) is 0 Å². The van der Waals surface area contributed by atoms with Crippen LogP contribution in [0.2, 0.25) is 0 Å². The van der Waals surface area contributed by atoms with E-state index in [1.54, 1.807) is 14.2 Å². The molecule has 2 atom stereocenters. The van der Waals surface area contributed by atoms with Crippen molar-refractivity contribution in [1.29, 1.82) is 0 Å². The zero-order valence-electron chi connectivity index (χ0n) is 39.8. The number of hydrogen-bond acceptors (Lipinski definition) is 13. The Kier molecular flexibility index (Phi) is 17.3. The van der Waals surface area contributed by atoms with Crippen LogP contribution in [-0.2, 0) is 22.3 Å². The largest absolute Gasteiger partial charge is 1.00 e. The van der Waals surface area contributed by atoms with Gasteiger partial charge in [0.05, 0.1) is 73.3 Å². The van der Waals surface area contributed by atoms with Crippen molar-refractivity contribution >= 4 is 52.5 Å². The van der Waals surface area contributed by atoms with Crippen molar-refractivity contribution in [3.05, 3.63) is 94.0 Å². The van der Waals surface area contributed by atoms with Gasteiger partial charge in [-0.1, -0.05) is 0 Å². The topological polar surface area (TPSA) is 118 Å². The van der Waals surface area contributed by atoms with Gasteiger partial charge in [0.2, 0.25) is 25.1 Å².